The average Bonchev–Trinajstić information content (AvgIpc) is 3.26. The number of likely N-dealkylation sites (tertiary alicyclic amines) is 1. The molecular weight excluding hydrogens is 386 g/mol. The van der Waals surface area contributed by atoms with Crippen LogP contribution in [0.25, 0.3) is 0 Å². The number of rotatable bonds is 9. The first-order chi connectivity index (χ1) is 15.0. The highest BCUT2D eigenvalue weighted by molar-refractivity contribution is 5.80. The number of aliphatic imine (C=N–C) groups is 1. The van der Waals surface area contributed by atoms with Crippen LogP contribution in [0, 0.1) is 0 Å². The van der Waals surface area contributed by atoms with Gasteiger partial charge in [0.15, 0.2) is 5.96 Å². The van der Waals surface area contributed by atoms with Gasteiger partial charge in [-0.1, -0.05) is 24.3 Å². The van der Waals surface area contributed by atoms with Crippen molar-refractivity contribution in [1.29, 1.82) is 0 Å². The number of hydrogen-bond acceptors (Lipinski definition) is 4. The first-order valence-corrected chi connectivity index (χ1v) is 11.6. The van der Waals surface area contributed by atoms with Gasteiger partial charge >= 0.3 is 0 Å². The summed E-state index contributed by atoms with van der Waals surface area (Å²) in [7, 11) is 2.12. The number of guanidine groups is 1. The molecule has 6 heteroatoms. The minimum atomic E-state index is 0.488. The zero-order valence-corrected chi connectivity index (χ0v) is 19.6. The Kier molecular flexibility index (Phi) is 8.98. The number of nitrogens with one attached hydrogen (secondary N) is 2. The van der Waals surface area contributed by atoms with Crippen molar-refractivity contribution in [2.75, 3.05) is 26.7 Å². The fourth-order valence-electron chi connectivity index (χ4n) is 4.12. The SMILES string of the molecule is CCNC(=NCc1ccccc1CN(C)Cc1ccco1)NC1CCN(C(C)C)CC1. The molecule has 2 N–H and O–H groups in total. The summed E-state index contributed by atoms with van der Waals surface area (Å²) in [5.41, 5.74) is 2.57. The van der Waals surface area contributed by atoms with Gasteiger partial charge in [0.05, 0.1) is 19.4 Å². The Morgan fingerprint density at radius 2 is 1.87 bits per heavy atom. The Bertz CT molecular complexity index is 794. The van der Waals surface area contributed by atoms with Crippen LogP contribution in [0.4, 0.5) is 0 Å². The molecule has 0 bridgehead atoms. The van der Waals surface area contributed by atoms with Crippen LogP contribution in [0.1, 0.15) is 50.5 Å². The molecule has 0 radical (unpaired) electrons. The molecule has 0 amide bonds. The van der Waals surface area contributed by atoms with E-state index < -0.39 is 0 Å². The quantitative estimate of drug-likeness (QED) is 0.472. The molecule has 3 rings (SSSR count). The number of benzene rings is 1. The van der Waals surface area contributed by atoms with Crippen LogP contribution in [-0.4, -0.2) is 54.5 Å². The molecule has 1 aliphatic rings. The van der Waals surface area contributed by atoms with Crippen molar-refractivity contribution in [2.45, 2.75) is 65.3 Å². The summed E-state index contributed by atoms with van der Waals surface area (Å²) in [5, 5.41) is 7.09. The molecule has 1 aliphatic heterocycles. The van der Waals surface area contributed by atoms with E-state index in [9.17, 15) is 0 Å². The van der Waals surface area contributed by atoms with Crippen molar-refractivity contribution in [1.82, 2.24) is 20.4 Å². The molecule has 2 aromatic rings. The Morgan fingerprint density at radius 1 is 1.13 bits per heavy atom. The summed E-state index contributed by atoms with van der Waals surface area (Å²) >= 11 is 0. The summed E-state index contributed by atoms with van der Waals surface area (Å²) in [5.74, 6) is 1.91. The first-order valence-electron chi connectivity index (χ1n) is 11.6. The lowest BCUT2D eigenvalue weighted by Gasteiger charge is -2.35. The molecule has 0 saturated carbocycles. The summed E-state index contributed by atoms with van der Waals surface area (Å²) < 4.78 is 5.49. The smallest absolute Gasteiger partial charge is 0.191 e. The maximum absolute atomic E-state index is 5.49. The number of nitrogens with zero attached hydrogens (tertiary/aromatic N) is 3. The average molecular weight is 426 g/mol. The van der Waals surface area contributed by atoms with E-state index in [1.165, 1.54) is 11.1 Å². The summed E-state index contributed by atoms with van der Waals surface area (Å²) in [6.45, 7) is 12.2. The lowest BCUT2D eigenvalue weighted by atomic mass is 10.0. The third kappa shape index (κ3) is 7.40. The molecule has 170 valence electrons. The monoisotopic (exact) mass is 425 g/mol. The highest BCUT2D eigenvalue weighted by Gasteiger charge is 2.21. The molecule has 0 unspecified atom stereocenters. The maximum atomic E-state index is 5.49. The van der Waals surface area contributed by atoms with Crippen LogP contribution in [0.15, 0.2) is 52.1 Å². The predicted octanol–water partition coefficient (Wildman–Crippen LogP) is 3.84. The Hall–Kier alpha value is -2.31. The molecule has 6 nitrogen and oxygen atoms in total. The Morgan fingerprint density at radius 3 is 2.52 bits per heavy atom. The second kappa shape index (κ2) is 11.9. The molecule has 1 aromatic heterocycles. The number of hydrogen-bond donors (Lipinski definition) is 2. The van der Waals surface area contributed by atoms with E-state index >= 15 is 0 Å². The van der Waals surface area contributed by atoms with E-state index in [0.717, 1.165) is 57.3 Å². The molecule has 1 aromatic carbocycles. The van der Waals surface area contributed by atoms with Gasteiger partial charge in [0.2, 0.25) is 0 Å². The fraction of sp³-hybridized carbons (Fsp3) is 0.560. The van der Waals surface area contributed by atoms with E-state index in [4.69, 9.17) is 9.41 Å². The Labute approximate surface area is 187 Å². The highest BCUT2D eigenvalue weighted by atomic mass is 16.3. The van der Waals surface area contributed by atoms with Crippen molar-refractivity contribution in [3.05, 3.63) is 59.5 Å². The van der Waals surface area contributed by atoms with Gasteiger partial charge in [-0.2, -0.15) is 0 Å². The third-order valence-corrected chi connectivity index (χ3v) is 5.92. The molecule has 2 heterocycles. The lowest BCUT2D eigenvalue weighted by molar-refractivity contribution is 0.167. The van der Waals surface area contributed by atoms with Crippen molar-refractivity contribution in [3.8, 4) is 0 Å². The van der Waals surface area contributed by atoms with Gasteiger partial charge in [-0.05, 0) is 63.9 Å². The summed E-state index contributed by atoms with van der Waals surface area (Å²) in [6.07, 6.45) is 4.06. The molecule has 0 atom stereocenters. The van der Waals surface area contributed by atoms with Crippen LogP contribution in [0.3, 0.4) is 0 Å². The van der Waals surface area contributed by atoms with Gasteiger partial charge < -0.3 is 20.0 Å². The van der Waals surface area contributed by atoms with E-state index in [1.54, 1.807) is 6.26 Å². The molecule has 0 aliphatic carbocycles. The van der Waals surface area contributed by atoms with Crippen molar-refractivity contribution in [2.24, 2.45) is 4.99 Å². The lowest BCUT2D eigenvalue weighted by Crippen LogP contribution is -2.49. The number of furan rings is 1. The fourth-order valence-corrected chi connectivity index (χ4v) is 4.12. The third-order valence-electron chi connectivity index (χ3n) is 5.92. The second-order valence-corrected chi connectivity index (χ2v) is 8.76. The van der Waals surface area contributed by atoms with Crippen molar-refractivity contribution >= 4 is 5.96 Å². The maximum Gasteiger partial charge on any atom is 0.191 e. The van der Waals surface area contributed by atoms with Crippen molar-refractivity contribution in [3.63, 3.8) is 0 Å². The molecule has 1 saturated heterocycles. The number of piperidine rings is 1. The van der Waals surface area contributed by atoms with Crippen molar-refractivity contribution < 1.29 is 4.42 Å². The van der Waals surface area contributed by atoms with Gasteiger partial charge in [-0.25, -0.2) is 4.99 Å². The minimum Gasteiger partial charge on any atom is -0.468 e. The first kappa shape index (κ1) is 23.4. The van der Waals surface area contributed by atoms with Gasteiger partial charge in [-0.3, -0.25) is 4.90 Å². The summed E-state index contributed by atoms with van der Waals surface area (Å²) in [6, 6.07) is 13.7. The van der Waals surface area contributed by atoms with Gasteiger partial charge in [-0.15, -0.1) is 0 Å². The van der Waals surface area contributed by atoms with E-state index in [0.29, 0.717) is 18.6 Å². The standard InChI is InChI=1S/C25H39N5O/c1-5-26-25(28-23-12-14-30(15-13-23)20(2)3)27-17-21-9-6-7-10-22(21)18-29(4)19-24-11-8-16-31-24/h6-11,16,20,23H,5,12-15,17-19H2,1-4H3,(H2,26,27,28). The second-order valence-electron chi connectivity index (χ2n) is 8.76. The van der Waals surface area contributed by atoms with E-state index in [1.807, 2.05) is 12.1 Å². The molecule has 1 fully saturated rings. The largest absolute Gasteiger partial charge is 0.468 e. The van der Waals surface area contributed by atoms with Crippen LogP contribution in [0.2, 0.25) is 0 Å². The van der Waals surface area contributed by atoms with Crippen LogP contribution in [0.5, 0.6) is 0 Å². The normalized spacial score (nSPS) is 16.3. The van der Waals surface area contributed by atoms with Gasteiger partial charge in [0, 0.05) is 38.3 Å². The Balaban J connectivity index is 1.59. The topological polar surface area (TPSA) is 56.0 Å². The van der Waals surface area contributed by atoms with Crippen LogP contribution in [-0.2, 0) is 19.6 Å². The zero-order chi connectivity index (χ0) is 22.1. The van der Waals surface area contributed by atoms with Crippen LogP contribution >= 0.6 is 0 Å². The van der Waals surface area contributed by atoms with E-state index in [2.05, 4.69) is 72.5 Å². The zero-order valence-electron chi connectivity index (χ0n) is 19.6. The predicted molar refractivity (Wildman–Crippen MR) is 128 cm³/mol. The van der Waals surface area contributed by atoms with E-state index in [-0.39, 0.29) is 0 Å². The molecular formula is C25H39N5O. The molecule has 0 spiro atoms. The van der Waals surface area contributed by atoms with Gasteiger partial charge in [0.1, 0.15) is 5.76 Å². The highest BCUT2D eigenvalue weighted by Crippen LogP contribution is 2.15. The summed E-state index contributed by atoms with van der Waals surface area (Å²) in [4.78, 5) is 9.74. The van der Waals surface area contributed by atoms with Crippen LogP contribution < -0.4 is 10.6 Å². The molecule has 31 heavy (non-hydrogen) atoms. The minimum absolute atomic E-state index is 0.488. The van der Waals surface area contributed by atoms with Gasteiger partial charge in [0.25, 0.3) is 0 Å².